The molecule has 3 fully saturated rings. The van der Waals surface area contributed by atoms with Gasteiger partial charge in [-0.2, -0.15) is 0 Å². The second kappa shape index (κ2) is 15.2. The second-order valence-electron chi connectivity index (χ2n) is 13.2. The van der Waals surface area contributed by atoms with Gasteiger partial charge < -0.3 is 24.8 Å². The van der Waals surface area contributed by atoms with Gasteiger partial charge in [-0.25, -0.2) is 4.79 Å². The van der Waals surface area contributed by atoms with E-state index in [0.717, 1.165) is 64.6 Å². The number of piperazine rings is 1. The number of nitrogens with zero attached hydrogens (tertiary/aromatic N) is 3. The lowest BCUT2D eigenvalue weighted by Crippen LogP contribution is -2.72. The van der Waals surface area contributed by atoms with Gasteiger partial charge in [-0.1, -0.05) is 57.5 Å². The Morgan fingerprint density at radius 1 is 1.07 bits per heavy atom. The molecule has 2 saturated heterocycles. The Labute approximate surface area is 253 Å². The van der Waals surface area contributed by atoms with Gasteiger partial charge in [0.15, 0.2) is 0 Å². The van der Waals surface area contributed by atoms with Crippen molar-refractivity contribution in [2.45, 2.75) is 109 Å². The van der Waals surface area contributed by atoms with Gasteiger partial charge in [-0.3, -0.25) is 9.59 Å². The number of hydrogen-bond acceptors (Lipinski definition) is 5. The number of amides is 3. The molecule has 42 heavy (non-hydrogen) atoms. The predicted octanol–water partition coefficient (Wildman–Crippen LogP) is 5.25. The normalized spacial score (nSPS) is 24.6. The molecule has 3 atom stereocenters. The number of benzene rings is 1. The maximum Gasteiger partial charge on any atom is 0.409 e. The summed E-state index contributed by atoms with van der Waals surface area (Å²) in [5.41, 5.74) is 0.593. The van der Waals surface area contributed by atoms with E-state index in [1.807, 2.05) is 11.0 Å². The third-order valence-corrected chi connectivity index (χ3v) is 9.91. The molecule has 3 aliphatic rings. The summed E-state index contributed by atoms with van der Waals surface area (Å²) in [4.78, 5) is 46.0. The van der Waals surface area contributed by atoms with Gasteiger partial charge in [-0.05, 0) is 81.6 Å². The Bertz CT molecular complexity index is 1020. The van der Waals surface area contributed by atoms with Gasteiger partial charge in [0.05, 0.1) is 0 Å². The first-order chi connectivity index (χ1) is 20.2. The SMILES string of the molecule is CCCN1C(=O)C(CCCCN(C)C(=O)OC2CCCCC2C(C)C)NC(=O)C12CCN(CCc1ccccc1)CC2. The fourth-order valence-electron chi connectivity index (χ4n) is 7.24. The van der Waals surface area contributed by atoms with Crippen molar-refractivity contribution in [1.82, 2.24) is 20.0 Å². The van der Waals surface area contributed by atoms with Crippen LogP contribution in [0.15, 0.2) is 30.3 Å². The van der Waals surface area contributed by atoms with E-state index in [2.05, 4.69) is 55.3 Å². The molecule has 3 amide bonds. The molecule has 1 aromatic rings. The van der Waals surface area contributed by atoms with Crippen molar-refractivity contribution in [3.63, 3.8) is 0 Å². The van der Waals surface area contributed by atoms with Crippen LogP contribution in [-0.4, -0.2) is 90.1 Å². The fraction of sp³-hybridized carbons (Fsp3) is 0.735. The number of nitrogens with one attached hydrogen (secondary N) is 1. The lowest BCUT2D eigenvalue weighted by Gasteiger charge is -2.51. The quantitative estimate of drug-likeness (QED) is 0.340. The number of carbonyl (C=O) groups is 3. The zero-order valence-corrected chi connectivity index (χ0v) is 26.5. The van der Waals surface area contributed by atoms with Gasteiger partial charge in [-0.15, -0.1) is 0 Å². The Kier molecular flexibility index (Phi) is 11.7. The Hall–Kier alpha value is -2.61. The number of hydrogen-bond donors (Lipinski definition) is 1. The second-order valence-corrected chi connectivity index (χ2v) is 13.2. The molecule has 1 N–H and O–H groups in total. The van der Waals surface area contributed by atoms with Crippen molar-refractivity contribution < 1.29 is 19.1 Å². The Morgan fingerprint density at radius 2 is 1.79 bits per heavy atom. The number of rotatable bonds is 12. The summed E-state index contributed by atoms with van der Waals surface area (Å²) in [5, 5.41) is 3.11. The average molecular weight is 583 g/mol. The van der Waals surface area contributed by atoms with Crippen LogP contribution >= 0.6 is 0 Å². The maximum absolute atomic E-state index is 13.7. The van der Waals surface area contributed by atoms with E-state index in [4.69, 9.17) is 4.74 Å². The molecule has 1 spiro atoms. The predicted molar refractivity (Wildman–Crippen MR) is 166 cm³/mol. The summed E-state index contributed by atoms with van der Waals surface area (Å²) in [6, 6.07) is 10.0. The van der Waals surface area contributed by atoms with Crippen molar-refractivity contribution in [2.24, 2.45) is 11.8 Å². The minimum absolute atomic E-state index is 0.0103. The fourth-order valence-corrected chi connectivity index (χ4v) is 7.24. The van der Waals surface area contributed by atoms with Crippen molar-refractivity contribution in [1.29, 1.82) is 0 Å². The van der Waals surface area contributed by atoms with E-state index < -0.39 is 11.6 Å². The minimum Gasteiger partial charge on any atom is -0.446 e. The Morgan fingerprint density at radius 3 is 2.48 bits per heavy atom. The number of likely N-dealkylation sites (tertiary alicyclic amines) is 1. The monoisotopic (exact) mass is 582 g/mol. The molecule has 3 unspecified atom stereocenters. The van der Waals surface area contributed by atoms with E-state index in [-0.39, 0.29) is 24.0 Å². The minimum atomic E-state index is -0.732. The van der Waals surface area contributed by atoms with Crippen molar-refractivity contribution in [2.75, 3.05) is 39.8 Å². The van der Waals surface area contributed by atoms with Gasteiger partial charge in [0.1, 0.15) is 17.7 Å². The third kappa shape index (κ3) is 7.86. The number of ether oxygens (including phenoxy) is 1. The first-order valence-electron chi connectivity index (χ1n) is 16.6. The van der Waals surface area contributed by atoms with E-state index in [0.29, 0.717) is 44.2 Å². The summed E-state index contributed by atoms with van der Waals surface area (Å²) in [6.07, 6.45) is 9.46. The van der Waals surface area contributed by atoms with E-state index >= 15 is 0 Å². The molecule has 2 aliphatic heterocycles. The van der Waals surface area contributed by atoms with Crippen LogP contribution in [0.5, 0.6) is 0 Å². The molecular formula is C34H54N4O4. The van der Waals surface area contributed by atoms with Gasteiger partial charge >= 0.3 is 6.09 Å². The lowest BCUT2D eigenvalue weighted by molar-refractivity contribution is -0.161. The summed E-state index contributed by atoms with van der Waals surface area (Å²) in [5.74, 6) is 1.01. The molecule has 234 valence electrons. The van der Waals surface area contributed by atoms with Crippen LogP contribution in [0.3, 0.4) is 0 Å². The van der Waals surface area contributed by atoms with Gasteiger partial charge in [0.2, 0.25) is 11.8 Å². The van der Waals surface area contributed by atoms with E-state index in [1.165, 1.54) is 12.0 Å². The number of carbonyl (C=O) groups excluding carboxylic acids is 3. The molecule has 0 bridgehead atoms. The molecule has 0 radical (unpaired) electrons. The van der Waals surface area contributed by atoms with Gasteiger partial charge in [0.25, 0.3) is 0 Å². The van der Waals surface area contributed by atoms with E-state index in [9.17, 15) is 14.4 Å². The lowest BCUT2D eigenvalue weighted by atomic mass is 9.79. The molecule has 1 aliphatic carbocycles. The van der Waals surface area contributed by atoms with Crippen molar-refractivity contribution in [3.8, 4) is 0 Å². The molecule has 1 saturated carbocycles. The summed E-state index contributed by atoms with van der Waals surface area (Å²) >= 11 is 0. The molecule has 8 heteroatoms. The molecule has 0 aromatic heterocycles. The molecule has 2 heterocycles. The van der Waals surface area contributed by atoms with Crippen LogP contribution in [0.4, 0.5) is 4.79 Å². The first-order valence-corrected chi connectivity index (χ1v) is 16.6. The zero-order chi connectivity index (χ0) is 30.1. The third-order valence-electron chi connectivity index (χ3n) is 9.91. The number of unbranched alkanes of at least 4 members (excludes halogenated alkanes) is 1. The molecule has 1 aromatic carbocycles. The van der Waals surface area contributed by atoms with E-state index in [1.54, 1.807) is 11.9 Å². The van der Waals surface area contributed by atoms with Crippen LogP contribution in [0, 0.1) is 11.8 Å². The smallest absolute Gasteiger partial charge is 0.409 e. The van der Waals surface area contributed by atoms with Crippen LogP contribution < -0.4 is 5.32 Å². The maximum atomic E-state index is 13.7. The highest BCUT2D eigenvalue weighted by Crippen LogP contribution is 2.34. The van der Waals surface area contributed by atoms with Gasteiger partial charge in [0, 0.05) is 39.8 Å². The topological polar surface area (TPSA) is 82.2 Å². The highest BCUT2D eigenvalue weighted by Gasteiger charge is 2.53. The van der Waals surface area contributed by atoms with Crippen molar-refractivity contribution >= 4 is 17.9 Å². The van der Waals surface area contributed by atoms with Crippen molar-refractivity contribution in [3.05, 3.63) is 35.9 Å². The summed E-state index contributed by atoms with van der Waals surface area (Å²) in [7, 11) is 1.79. The van der Waals surface area contributed by atoms with Crippen LogP contribution in [0.2, 0.25) is 0 Å². The molecule has 4 rings (SSSR count). The Balaban J connectivity index is 1.23. The summed E-state index contributed by atoms with van der Waals surface area (Å²) < 4.78 is 5.92. The zero-order valence-electron chi connectivity index (χ0n) is 26.5. The highest BCUT2D eigenvalue weighted by molar-refractivity contribution is 6.00. The summed E-state index contributed by atoms with van der Waals surface area (Å²) in [6.45, 7) is 10.3. The molecule has 8 nitrogen and oxygen atoms in total. The van der Waals surface area contributed by atoms with Crippen LogP contribution in [0.1, 0.15) is 90.5 Å². The molecular weight excluding hydrogens is 528 g/mol. The van der Waals surface area contributed by atoms with Crippen LogP contribution in [0.25, 0.3) is 0 Å². The average Bonchev–Trinajstić information content (AvgIpc) is 3.00. The standard InChI is InChI=1S/C34H54N4O4/c1-5-21-38-31(39)29(16-11-12-22-36(4)33(41)42-30-17-10-9-15-28(30)26(2)3)35-32(40)34(38)19-24-37(25-20-34)23-18-27-13-7-6-8-14-27/h6-8,13-14,26,28-30H,5,9-12,15-25H2,1-4H3,(H,35,40). The highest BCUT2D eigenvalue weighted by atomic mass is 16.6. The van der Waals surface area contributed by atoms with Crippen LogP contribution in [-0.2, 0) is 20.7 Å². The largest absolute Gasteiger partial charge is 0.446 e. The first kappa shape index (κ1) is 32.3. The number of piperidine rings is 1.